The van der Waals surface area contributed by atoms with Crippen LogP contribution in [0, 0.1) is 27.7 Å². The number of aliphatic carboxylic acids is 1. The van der Waals surface area contributed by atoms with Crippen LogP contribution in [0.15, 0.2) is 159 Å². The highest BCUT2D eigenvalue weighted by molar-refractivity contribution is 8.04. The molecule has 0 heterocycles. The molecule has 2 atom stereocenters. The summed E-state index contributed by atoms with van der Waals surface area (Å²) in [5, 5.41) is 9.91. The van der Waals surface area contributed by atoms with Crippen LogP contribution >= 0.6 is 0 Å². The summed E-state index contributed by atoms with van der Waals surface area (Å²) >= 11 is 0. The predicted octanol–water partition coefficient (Wildman–Crippen LogP) is 6.13. The number of aryl methyl sites for hydroxylation is 4. The Morgan fingerprint density at radius 2 is 0.764 bits per heavy atom. The average molecular weight is 823 g/mol. The molecule has 2 unspecified atom stereocenters. The molecule has 0 aliphatic rings. The number of hydrogen-bond acceptors (Lipinski definition) is 9. The maximum absolute atomic E-state index is 15.0. The summed E-state index contributed by atoms with van der Waals surface area (Å²) < 4.78 is 120. The second-order valence-electron chi connectivity index (χ2n) is 12.8. The van der Waals surface area contributed by atoms with Gasteiger partial charge in [-0.3, -0.25) is 0 Å². The number of nitrogens with zero attached hydrogens (tertiary/aromatic N) is 2. The van der Waals surface area contributed by atoms with E-state index in [0.29, 0.717) is 34.4 Å². The monoisotopic (exact) mass is 822 g/mol. The molecule has 0 aliphatic heterocycles. The van der Waals surface area contributed by atoms with Gasteiger partial charge in [0.2, 0.25) is 0 Å². The molecular weight excluding hydrogens is 785 g/mol. The van der Waals surface area contributed by atoms with Gasteiger partial charge in [-0.05, 0) is 81.8 Å². The zero-order chi connectivity index (χ0) is 40.3. The molecule has 5 aromatic carbocycles. The third-order valence-electron chi connectivity index (χ3n) is 8.59. The van der Waals surface area contributed by atoms with Crippen molar-refractivity contribution in [2.24, 2.45) is 0 Å². The fourth-order valence-electron chi connectivity index (χ4n) is 5.70. The summed E-state index contributed by atoms with van der Waals surface area (Å²) in [4.78, 5) is 10.1. The fourth-order valence-corrected chi connectivity index (χ4v) is 13.7. The van der Waals surface area contributed by atoms with Gasteiger partial charge < -0.3 is 5.11 Å². The van der Waals surface area contributed by atoms with Crippen molar-refractivity contribution in [3.63, 3.8) is 0 Å². The zero-order valence-corrected chi connectivity index (χ0v) is 33.3. The minimum absolute atomic E-state index is 0.00520. The van der Waals surface area contributed by atoms with E-state index in [2.05, 4.69) is 0 Å². The van der Waals surface area contributed by atoms with E-state index in [4.69, 9.17) is 0 Å². The lowest BCUT2D eigenvalue weighted by atomic mass is 10.0. The molecule has 1 N–H and O–H groups in total. The summed E-state index contributed by atoms with van der Waals surface area (Å²) in [6.45, 7) is 6.70. The number of benzene rings is 5. The van der Waals surface area contributed by atoms with Crippen LogP contribution in [0.3, 0.4) is 0 Å². The maximum atomic E-state index is 15.0. The van der Waals surface area contributed by atoms with Gasteiger partial charge in [-0.15, -0.1) is 0 Å². The van der Waals surface area contributed by atoms with Crippen molar-refractivity contribution in [1.82, 2.24) is 7.42 Å². The molecule has 0 spiro atoms. The molecular formula is C39H38N2O10S4. The number of rotatable bonds is 14. The highest BCUT2D eigenvalue weighted by Gasteiger charge is 2.52. The average Bonchev–Trinajstić information content (AvgIpc) is 3.13. The minimum Gasteiger partial charge on any atom is -0.478 e. The first-order chi connectivity index (χ1) is 25.8. The van der Waals surface area contributed by atoms with Gasteiger partial charge in [0.25, 0.3) is 40.1 Å². The van der Waals surface area contributed by atoms with E-state index in [-0.39, 0.29) is 13.0 Å². The minimum atomic E-state index is -5.31. The van der Waals surface area contributed by atoms with Crippen molar-refractivity contribution in [2.45, 2.75) is 59.4 Å². The molecule has 5 rings (SSSR count). The van der Waals surface area contributed by atoms with Crippen molar-refractivity contribution < 1.29 is 43.6 Å². The van der Waals surface area contributed by atoms with Gasteiger partial charge in [0.15, 0.2) is 0 Å². The van der Waals surface area contributed by atoms with Crippen LogP contribution in [0.4, 0.5) is 0 Å². The fraction of sp³-hybridized carbons (Fsp3) is 0.154. The van der Waals surface area contributed by atoms with Gasteiger partial charge >= 0.3 is 5.97 Å². The van der Waals surface area contributed by atoms with Crippen LogP contribution in [0.1, 0.15) is 33.9 Å². The van der Waals surface area contributed by atoms with E-state index in [1.165, 1.54) is 78.9 Å². The van der Waals surface area contributed by atoms with Gasteiger partial charge in [0.1, 0.15) is 0 Å². The van der Waals surface area contributed by atoms with E-state index in [9.17, 15) is 26.7 Å². The largest absolute Gasteiger partial charge is 0.478 e. The lowest BCUT2D eigenvalue weighted by Gasteiger charge is -2.38. The van der Waals surface area contributed by atoms with Crippen LogP contribution < -0.4 is 0 Å². The SMILES string of the molecule is Cc1ccc(S(=O)(=O)N(C(C=CC(=O)O)C(c2ccccc2)N(S(=O)(=O)c2ccc(C)cc2)S(=O)(=O)c2ccc(C)cc2)S(=O)(=O)c2ccc(C)cc2)cc1. The summed E-state index contributed by atoms with van der Waals surface area (Å²) in [5.74, 6) is -1.66. The van der Waals surface area contributed by atoms with Crippen LogP contribution in [0.5, 0.6) is 0 Å². The molecule has 0 saturated heterocycles. The highest BCUT2D eigenvalue weighted by Crippen LogP contribution is 2.42. The Morgan fingerprint density at radius 3 is 1.05 bits per heavy atom. The second-order valence-corrected chi connectivity index (χ2v) is 20.5. The van der Waals surface area contributed by atoms with Crippen molar-refractivity contribution in [3.05, 3.63) is 167 Å². The first kappa shape index (κ1) is 41.2. The predicted molar refractivity (Wildman–Crippen MR) is 207 cm³/mol. The Morgan fingerprint density at radius 1 is 0.473 bits per heavy atom. The quantitative estimate of drug-likeness (QED) is 0.128. The molecule has 0 radical (unpaired) electrons. The Labute approximate surface area is 322 Å². The molecule has 16 heteroatoms. The molecule has 5 aromatic rings. The Hall–Kier alpha value is -4.97. The molecule has 55 heavy (non-hydrogen) atoms. The maximum Gasteiger partial charge on any atom is 0.328 e. The van der Waals surface area contributed by atoms with E-state index in [1.807, 2.05) is 0 Å². The summed E-state index contributed by atoms with van der Waals surface area (Å²) in [6.07, 6.45) is 1.11. The van der Waals surface area contributed by atoms with Crippen molar-refractivity contribution in [3.8, 4) is 0 Å². The van der Waals surface area contributed by atoms with Crippen LogP contribution in [0.25, 0.3) is 0 Å². The lowest BCUT2D eigenvalue weighted by Crippen LogP contribution is -2.53. The second kappa shape index (κ2) is 16.0. The molecule has 0 fully saturated rings. The summed E-state index contributed by atoms with van der Waals surface area (Å²) in [7, 11) is -21.2. The van der Waals surface area contributed by atoms with Crippen LogP contribution in [-0.4, -0.2) is 58.2 Å². The zero-order valence-electron chi connectivity index (χ0n) is 30.1. The van der Waals surface area contributed by atoms with E-state index < -0.39 is 77.7 Å². The Bertz CT molecular complexity index is 2500. The van der Waals surface area contributed by atoms with Gasteiger partial charge in [0, 0.05) is 6.08 Å². The molecule has 0 aromatic heterocycles. The summed E-state index contributed by atoms with van der Waals surface area (Å²) in [5.41, 5.74) is 2.32. The van der Waals surface area contributed by atoms with Crippen molar-refractivity contribution in [2.75, 3.05) is 0 Å². The first-order valence-electron chi connectivity index (χ1n) is 16.6. The van der Waals surface area contributed by atoms with Crippen molar-refractivity contribution in [1.29, 1.82) is 0 Å². The van der Waals surface area contributed by atoms with Crippen LogP contribution in [-0.2, 0) is 44.9 Å². The van der Waals surface area contributed by atoms with Crippen molar-refractivity contribution >= 4 is 46.1 Å². The smallest absolute Gasteiger partial charge is 0.328 e. The third-order valence-corrected chi connectivity index (χ3v) is 17.3. The first-order valence-corrected chi connectivity index (χ1v) is 22.4. The number of sulfonamides is 4. The topological polar surface area (TPSA) is 180 Å². The number of carboxylic acid groups (broad SMARTS) is 1. The molecule has 12 nitrogen and oxygen atoms in total. The molecule has 0 amide bonds. The normalized spacial score (nSPS) is 13.9. The third kappa shape index (κ3) is 8.64. The van der Waals surface area contributed by atoms with Gasteiger partial charge in [0.05, 0.1) is 31.7 Å². The van der Waals surface area contributed by atoms with Gasteiger partial charge in [-0.2, -0.15) is 0 Å². The number of carboxylic acids is 1. The standard InChI is InChI=1S/C39H38N2O10S4/c1-28-10-18-33(19-11-28)52(44,45)40(53(46,47)34-20-12-29(2)13-21-34)37(26-27-38(42)43)39(32-8-6-5-7-9-32)41(54(48,49)35-22-14-30(3)15-23-35)55(50,51)36-24-16-31(4)17-25-36/h5-27,37,39H,1-4H3,(H,42,43). The lowest BCUT2D eigenvalue weighted by molar-refractivity contribution is -0.131. The van der Waals surface area contributed by atoms with Crippen LogP contribution in [0.2, 0.25) is 0 Å². The summed E-state index contributed by atoms with van der Waals surface area (Å²) in [6, 6.07) is 22.9. The highest BCUT2D eigenvalue weighted by atomic mass is 32.3. The number of hydrogen-bond donors (Lipinski definition) is 1. The number of carbonyl (C=O) groups is 1. The van der Waals surface area contributed by atoms with Gasteiger partial charge in [-0.25, -0.2) is 38.5 Å². The van der Waals surface area contributed by atoms with E-state index >= 15 is 16.8 Å². The molecule has 0 aliphatic carbocycles. The van der Waals surface area contributed by atoms with E-state index in [1.54, 1.807) is 27.7 Å². The molecule has 0 saturated carbocycles. The molecule has 288 valence electrons. The Kier molecular flexibility index (Phi) is 12.0. The van der Waals surface area contributed by atoms with E-state index in [0.717, 1.165) is 48.5 Å². The Balaban J connectivity index is 1.98. The molecule has 0 bridgehead atoms. The van der Waals surface area contributed by atoms with Gasteiger partial charge in [-0.1, -0.05) is 115 Å².